The van der Waals surface area contributed by atoms with E-state index < -0.39 is 0 Å². The molecule has 3 heteroatoms. The van der Waals surface area contributed by atoms with Crippen molar-refractivity contribution in [1.29, 1.82) is 0 Å². The summed E-state index contributed by atoms with van der Waals surface area (Å²) in [5.74, 6) is 0.0720. The average molecular weight is 238 g/mol. The summed E-state index contributed by atoms with van der Waals surface area (Å²) in [7, 11) is 0. The third-order valence-electron chi connectivity index (χ3n) is 3.93. The van der Waals surface area contributed by atoms with E-state index in [1.54, 1.807) is 0 Å². The van der Waals surface area contributed by atoms with Crippen molar-refractivity contribution in [3.05, 3.63) is 11.1 Å². The zero-order valence-corrected chi connectivity index (χ0v) is 11.4. The van der Waals surface area contributed by atoms with Crippen molar-refractivity contribution in [2.24, 2.45) is 17.3 Å². The van der Waals surface area contributed by atoms with Gasteiger partial charge in [-0.15, -0.1) is 0 Å². The monoisotopic (exact) mass is 238 g/mol. The van der Waals surface area contributed by atoms with Gasteiger partial charge in [0.2, 0.25) is 0 Å². The molecule has 2 atom stereocenters. The molecule has 0 radical (unpaired) electrons. The van der Waals surface area contributed by atoms with Crippen LogP contribution in [0.2, 0.25) is 0 Å². The number of esters is 1. The van der Waals surface area contributed by atoms with Crippen LogP contribution in [0.25, 0.3) is 0 Å². The van der Waals surface area contributed by atoms with Crippen LogP contribution < -0.4 is 0 Å². The van der Waals surface area contributed by atoms with E-state index in [1.807, 2.05) is 0 Å². The van der Waals surface area contributed by atoms with Crippen molar-refractivity contribution >= 4 is 12.3 Å². The molecule has 96 valence electrons. The highest BCUT2D eigenvalue weighted by Crippen LogP contribution is 2.46. The number of rotatable bonds is 3. The molecule has 0 bridgehead atoms. The summed E-state index contributed by atoms with van der Waals surface area (Å²) < 4.78 is 5.10. The van der Waals surface area contributed by atoms with Gasteiger partial charge in [-0.25, -0.2) is 0 Å². The van der Waals surface area contributed by atoms with Gasteiger partial charge in [0.1, 0.15) is 12.9 Å². The molecule has 17 heavy (non-hydrogen) atoms. The van der Waals surface area contributed by atoms with Crippen LogP contribution in [0.15, 0.2) is 11.1 Å². The maximum atomic E-state index is 11.2. The Morgan fingerprint density at radius 3 is 2.59 bits per heavy atom. The van der Waals surface area contributed by atoms with Crippen molar-refractivity contribution < 1.29 is 14.3 Å². The van der Waals surface area contributed by atoms with Gasteiger partial charge < -0.3 is 9.53 Å². The van der Waals surface area contributed by atoms with Crippen LogP contribution in [0.3, 0.4) is 0 Å². The molecule has 0 heterocycles. The van der Waals surface area contributed by atoms with Crippen molar-refractivity contribution in [1.82, 2.24) is 0 Å². The van der Waals surface area contributed by atoms with Gasteiger partial charge in [-0.1, -0.05) is 26.3 Å². The first-order valence-electron chi connectivity index (χ1n) is 6.08. The highest BCUT2D eigenvalue weighted by Gasteiger charge is 2.41. The summed E-state index contributed by atoms with van der Waals surface area (Å²) in [5.41, 5.74) is 2.13. The predicted molar refractivity (Wildman–Crippen MR) is 66.4 cm³/mol. The minimum Gasteiger partial charge on any atom is -0.461 e. The molecule has 0 amide bonds. The normalized spacial score (nSPS) is 27.8. The van der Waals surface area contributed by atoms with Crippen molar-refractivity contribution in [2.75, 3.05) is 6.61 Å². The summed E-state index contributed by atoms with van der Waals surface area (Å²) in [6.07, 6.45) is 1.95. The molecule has 0 aromatic rings. The lowest BCUT2D eigenvalue weighted by atomic mass is 9.62. The molecule has 1 rings (SSSR count). The Hall–Kier alpha value is -1.12. The van der Waals surface area contributed by atoms with Crippen molar-refractivity contribution in [2.45, 2.75) is 41.0 Å². The number of allylic oxidation sites excluding steroid dienone is 1. The molecule has 0 spiro atoms. The van der Waals surface area contributed by atoms with E-state index in [2.05, 4.69) is 27.7 Å². The van der Waals surface area contributed by atoms with Gasteiger partial charge in [0.25, 0.3) is 0 Å². The van der Waals surface area contributed by atoms with Crippen LogP contribution in [0, 0.1) is 17.3 Å². The zero-order chi connectivity index (χ0) is 13.2. The van der Waals surface area contributed by atoms with Crippen LogP contribution in [0.1, 0.15) is 41.0 Å². The van der Waals surface area contributed by atoms with Gasteiger partial charge in [0.15, 0.2) is 0 Å². The third-order valence-corrected chi connectivity index (χ3v) is 3.93. The summed E-state index contributed by atoms with van der Waals surface area (Å²) in [6, 6.07) is 0. The summed E-state index contributed by atoms with van der Waals surface area (Å²) >= 11 is 0. The SMILES string of the molecule is CC(=O)OCC1=C(C)C[C@H](C)[C@@H](C=O)C1(C)C. The van der Waals surface area contributed by atoms with Gasteiger partial charge in [-0.2, -0.15) is 0 Å². The molecular weight excluding hydrogens is 216 g/mol. The molecule has 0 unspecified atom stereocenters. The fourth-order valence-corrected chi connectivity index (χ4v) is 2.98. The lowest BCUT2D eigenvalue weighted by Gasteiger charge is -2.42. The quantitative estimate of drug-likeness (QED) is 0.431. The van der Waals surface area contributed by atoms with E-state index >= 15 is 0 Å². The van der Waals surface area contributed by atoms with E-state index in [9.17, 15) is 9.59 Å². The van der Waals surface area contributed by atoms with E-state index in [1.165, 1.54) is 12.5 Å². The van der Waals surface area contributed by atoms with Crippen LogP contribution in [-0.2, 0) is 14.3 Å². The Morgan fingerprint density at radius 1 is 1.53 bits per heavy atom. The maximum absolute atomic E-state index is 11.2. The second kappa shape index (κ2) is 5.03. The second-order valence-electron chi connectivity index (χ2n) is 5.60. The van der Waals surface area contributed by atoms with Crippen LogP contribution in [0.4, 0.5) is 0 Å². The zero-order valence-electron chi connectivity index (χ0n) is 11.4. The molecule has 3 nitrogen and oxygen atoms in total. The van der Waals surface area contributed by atoms with E-state index in [0.29, 0.717) is 12.5 Å². The molecule has 0 saturated carbocycles. The Balaban J connectivity index is 3.02. The summed E-state index contributed by atoms with van der Waals surface area (Å²) in [5, 5.41) is 0. The Morgan fingerprint density at radius 2 is 2.12 bits per heavy atom. The van der Waals surface area contributed by atoms with Gasteiger partial charge in [-0.3, -0.25) is 4.79 Å². The van der Waals surface area contributed by atoms with E-state index in [0.717, 1.165) is 18.3 Å². The number of carbonyl (C=O) groups excluding carboxylic acids is 2. The molecule has 0 aromatic heterocycles. The van der Waals surface area contributed by atoms with Gasteiger partial charge in [-0.05, 0) is 30.3 Å². The Labute approximate surface area is 103 Å². The number of ether oxygens (including phenoxy) is 1. The molecule has 0 fully saturated rings. The molecule has 0 N–H and O–H groups in total. The van der Waals surface area contributed by atoms with Crippen LogP contribution in [0.5, 0.6) is 0 Å². The topological polar surface area (TPSA) is 43.4 Å². The largest absolute Gasteiger partial charge is 0.461 e. The van der Waals surface area contributed by atoms with Crippen LogP contribution >= 0.6 is 0 Å². The Bertz CT molecular complexity index is 352. The third kappa shape index (κ3) is 2.76. The van der Waals surface area contributed by atoms with Crippen molar-refractivity contribution in [3.8, 4) is 0 Å². The minimum atomic E-state index is -0.276. The number of carbonyl (C=O) groups is 2. The standard InChI is InChI=1S/C14H22O3/c1-9-6-10(2)13(8-17-11(3)16)14(4,5)12(9)7-15/h7,9,12H,6,8H2,1-5H3/t9-,12+/m0/s1. The fraction of sp³-hybridized carbons (Fsp3) is 0.714. The lowest BCUT2D eigenvalue weighted by molar-refractivity contribution is -0.140. The molecule has 0 saturated heterocycles. The first-order valence-corrected chi connectivity index (χ1v) is 6.08. The molecule has 1 aliphatic carbocycles. The Kier molecular flexibility index (Phi) is 4.12. The number of hydrogen-bond donors (Lipinski definition) is 0. The van der Waals surface area contributed by atoms with E-state index in [4.69, 9.17) is 4.74 Å². The highest BCUT2D eigenvalue weighted by atomic mass is 16.5. The predicted octanol–water partition coefficient (Wildman–Crippen LogP) is 2.75. The molecular formula is C14H22O3. The van der Waals surface area contributed by atoms with Gasteiger partial charge >= 0.3 is 5.97 Å². The second-order valence-corrected chi connectivity index (χ2v) is 5.60. The molecule has 0 aromatic carbocycles. The smallest absolute Gasteiger partial charge is 0.302 e. The highest BCUT2D eigenvalue weighted by molar-refractivity contribution is 5.66. The number of aldehydes is 1. The van der Waals surface area contributed by atoms with Gasteiger partial charge in [0.05, 0.1) is 0 Å². The van der Waals surface area contributed by atoms with Crippen LogP contribution in [-0.4, -0.2) is 18.9 Å². The first kappa shape index (κ1) is 13.9. The molecule has 0 aliphatic heterocycles. The molecule has 1 aliphatic rings. The number of hydrogen-bond acceptors (Lipinski definition) is 3. The van der Waals surface area contributed by atoms with Crippen molar-refractivity contribution in [3.63, 3.8) is 0 Å². The lowest BCUT2D eigenvalue weighted by Crippen LogP contribution is -2.38. The minimum absolute atomic E-state index is 0.00300. The first-order chi connectivity index (χ1) is 7.80. The average Bonchev–Trinajstić information content (AvgIpc) is 2.15. The summed E-state index contributed by atoms with van der Waals surface area (Å²) in [6.45, 7) is 10.0. The summed E-state index contributed by atoms with van der Waals surface area (Å²) in [4.78, 5) is 22.2. The van der Waals surface area contributed by atoms with Gasteiger partial charge in [0, 0.05) is 12.8 Å². The maximum Gasteiger partial charge on any atom is 0.302 e. The van der Waals surface area contributed by atoms with E-state index in [-0.39, 0.29) is 17.3 Å². The fourth-order valence-electron chi connectivity index (χ4n) is 2.98.